The van der Waals surface area contributed by atoms with E-state index in [1.807, 2.05) is 12.3 Å². The van der Waals surface area contributed by atoms with Crippen LogP contribution in [0.4, 0.5) is 0 Å². The predicted octanol–water partition coefficient (Wildman–Crippen LogP) is 1.95. The van der Waals surface area contributed by atoms with Crippen molar-refractivity contribution in [2.45, 2.75) is 50.1 Å². The van der Waals surface area contributed by atoms with Gasteiger partial charge in [0.05, 0.1) is 6.10 Å². The highest BCUT2D eigenvalue weighted by atomic mass is 32.2. The number of nitrogens with one attached hydrogen (secondary N) is 2. The quantitative estimate of drug-likeness (QED) is 0.801. The van der Waals surface area contributed by atoms with Crippen LogP contribution in [0.3, 0.4) is 0 Å². The smallest absolute Gasteiger partial charge is 0.250 e. The Kier molecular flexibility index (Phi) is 5.79. The van der Waals surface area contributed by atoms with Crippen LogP contribution in [-0.2, 0) is 21.3 Å². The second kappa shape index (κ2) is 7.19. The van der Waals surface area contributed by atoms with Gasteiger partial charge in [-0.15, -0.1) is 11.3 Å². The van der Waals surface area contributed by atoms with Crippen molar-refractivity contribution < 1.29 is 13.2 Å². The fourth-order valence-electron chi connectivity index (χ4n) is 2.24. The van der Waals surface area contributed by atoms with E-state index in [9.17, 15) is 8.42 Å². The lowest BCUT2D eigenvalue weighted by molar-refractivity contribution is 0.107. The van der Waals surface area contributed by atoms with E-state index in [1.165, 1.54) is 11.3 Å². The summed E-state index contributed by atoms with van der Waals surface area (Å²) >= 11 is 1.27. The third-order valence-corrected chi connectivity index (χ3v) is 6.59. The zero-order valence-electron chi connectivity index (χ0n) is 12.8. The van der Waals surface area contributed by atoms with E-state index in [0.717, 1.165) is 18.6 Å². The van der Waals surface area contributed by atoms with E-state index in [-0.39, 0.29) is 12.0 Å². The molecule has 1 saturated heterocycles. The largest absolute Gasteiger partial charge is 0.378 e. The molecule has 2 heterocycles. The SMILES string of the molecule is CC(C)NCc1csc(S(=O)(=O)NCC2CCOC2C)c1. The summed E-state index contributed by atoms with van der Waals surface area (Å²) in [5.41, 5.74) is 1.01. The van der Waals surface area contributed by atoms with Gasteiger partial charge in [-0.25, -0.2) is 13.1 Å². The third kappa shape index (κ3) is 4.75. The molecule has 0 amide bonds. The number of hydrogen-bond acceptors (Lipinski definition) is 5. The van der Waals surface area contributed by atoms with Crippen LogP contribution in [0.2, 0.25) is 0 Å². The molecule has 1 aromatic heterocycles. The second-order valence-corrected chi connectivity index (χ2v) is 8.69. The minimum Gasteiger partial charge on any atom is -0.378 e. The van der Waals surface area contributed by atoms with Gasteiger partial charge < -0.3 is 10.1 Å². The maximum Gasteiger partial charge on any atom is 0.250 e. The molecular weight excluding hydrogens is 308 g/mol. The van der Waals surface area contributed by atoms with Gasteiger partial charge in [0.15, 0.2) is 0 Å². The summed E-state index contributed by atoms with van der Waals surface area (Å²) in [6, 6.07) is 2.13. The van der Waals surface area contributed by atoms with Crippen LogP contribution in [0.15, 0.2) is 15.7 Å². The van der Waals surface area contributed by atoms with Crippen molar-refractivity contribution in [2.75, 3.05) is 13.2 Å². The van der Waals surface area contributed by atoms with E-state index in [0.29, 0.717) is 23.3 Å². The van der Waals surface area contributed by atoms with Gasteiger partial charge in [0, 0.05) is 31.7 Å². The minimum absolute atomic E-state index is 0.127. The molecule has 2 atom stereocenters. The van der Waals surface area contributed by atoms with Crippen molar-refractivity contribution in [2.24, 2.45) is 5.92 Å². The molecule has 1 fully saturated rings. The summed E-state index contributed by atoms with van der Waals surface area (Å²) in [4.78, 5) is 0. The molecule has 2 unspecified atom stereocenters. The molecular formula is C14H24N2O3S2. The summed E-state index contributed by atoms with van der Waals surface area (Å²) in [6.45, 7) is 7.98. The first-order valence-electron chi connectivity index (χ1n) is 7.30. The fraction of sp³-hybridized carbons (Fsp3) is 0.714. The van der Waals surface area contributed by atoms with Crippen molar-refractivity contribution in [1.82, 2.24) is 10.0 Å². The lowest BCUT2D eigenvalue weighted by Gasteiger charge is -2.14. The van der Waals surface area contributed by atoms with Gasteiger partial charge in [-0.2, -0.15) is 0 Å². The van der Waals surface area contributed by atoms with Gasteiger partial charge >= 0.3 is 0 Å². The first kappa shape index (κ1) is 16.9. The molecule has 0 radical (unpaired) electrons. The Morgan fingerprint density at radius 3 is 2.86 bits per heavy atom. The van der Waals surface area contributed by atoms with Gasteiger partial charge in [-0.05, 0) is 30.4 Å². The van der Waals surface area contributed by atoms with Crippen LogP contribution in [-0.4, -0.2) is 33.7 Å². The monoisotopic (exact) mass is 332 g/mol. The topological polar surface area (TPSA) is 67.4 Å². The molecule has 1 aliphatic heterocycles. The van der Waals surface area contributed by atoms with E-state index in [4.69, 9.17) is 4.74 Å². The van der Waals surface area contributed by atoms with Crippen molar-refractivity contribution in [3.05, 3.63) is 17.0 Å². The summed E-state index contributed by atoms with van der Waals surface area (Å²) in [7, 11) is -3.40. The maximum absolute atomic E-state index is 12.3. The van der Waals surface area contributed by atoms with Gasteiger partial charge in [-0.1, -0.05) is 13.8 Å². The van der Waals surface area contributed by atoms with Crippen LogP contribution in [0.25, 0.3) is 0 Å². The number of thiophene rings is 1. The standard InChI is InChI=1S/C14H24N2O3S2/c1-10(2)15-7-12-6-14(20-9-12)21(17,18)16-8-13-4-5-19-11(13)3/h6,9-11,13,15-16H,4-5,7-8H2,1-3H3. The van der Waals surface area contributed by atoms with Gasteiger partial charge in [-0.3, -0.25) is 0 Å². The number of rotatable bonds is 7. The van der Waals surface area contributed by atoms with Crippen LogP contribution in [0, 0.1) is 5.92 Å². The van der Waals surface area contributed by atoms with Crippen molar-refractivity contribution in [1.29, 1.82) is 0 Å². The highest BCUT2D eigenvalue weighted by molar-refractivity contribution is 7.91. The van der Waals surface area contributed by atoms with Gasteiger partial charge in [0.1, 0.15) is 4.21 Å². The Morgan fingerprint density at radius 2 is 2.24 bits per heavy atom. The molecule has 2 rings (SSSR count). The Balaban J connectivity index is 1.92. The Bertz CT molecular complexity index is 554. The molecule has 0 spiro atoms. The first-order valence-corrected chi connectivity index (χ1v) is 9.67. The molecule has 0 aliphatic carbocycles. The normalized spacial score (nSPS) is 23.0. The van der Waals surface area contributed by atoms with Gasteiger partial charge in [0.2, 0.25) is 10.0 Å². The number of hydrogen-bond donors (Lipinski definition) is 2. The summed E-state index contributed by atoms with van der Waals surface area (Å²) in [6.07, 6.45) is 1.04. The molecule has 0 aromatic carbocycles. The van der Waals surface area contributed by atoms with Crippen molar-refractivity contribution in [3.8, 4) is 0 Å². The highest BCUT2D eigenvalue weighted by Crippen LogP contribution is 2.23. The van der Waals surface area contributed by atoms with Crippen LogP contribution in [0.1, 0.15) is 32.8 Å². The Labute approximate surface area is 131 Å². The first-order chi connectivity index (χ1) is 9.88. The average Bonchev–Trinajstić information content (AvgIpc) is 3.03. The fourth-order valence-corrected chi connectivity index (χ4v) is 4.59. The lowest BCUT2D eigenvalue weighted by Crippen LogP contribution is -2.31. The number of sulfonamides is 1. The minimum atomic E-state index is -3.40. The van der Waals surface area contributed by atoms with E-state index in [1.54, 1.807) is 6.07 Å². The summed E-state index contributed by atoms with van der Waals surface area (Å²) in [5, 5.41) is 5.18. The van der Waals surface area contributed by atoms with Crippen molar-refractivity contribution in [3.63, 3.8) is 0 Å². The molecule has 21 heavy (non-hydrogen) atoms. The predicted molar refractivity (Wildman–Crippen MR) is 85.0 cm³/mol. The third-order valence-electron chi connectivity index (χ3n) is 3.68. The maximum atomic E-state index is 12.3. The molecule has 5 nitrogen and oxygen atoms in total. The van der Waals surface area contributed by atoms with Crippen LogP contribution < -0.4 is 10.0 Å². The zero-order chi connectivity index (χ0) is 15.5. The molecule has 120 valence electrons. The van der Waals surface area contributed by atoms with Crippen LogP contribution >= 0.6 is 11.3 Å². The molecule has 0 saturated carbocycles. The Hall–Kier alpha value is -0.470. The number of ether oxygens (including phenoxy) is 1. The average molecular weight is 332 g/mol. The van der Waals surface area contributed by atoms with E-state index < -0.39 is 10.0 Å². The van der Waals surface area contributed by atoms with E-state index in [2.05, 4.69) is 23.9 Å². The zero-order valence-corrected chi connectivity index (χ0v) is 14.4. The summed E-state index contributed by atoms with van der Waals surface area (Å²) < 4.78 is 33.1. The lowest BCUT2D eigenvalue weighted by atomic mass is 10.0. The molecule has 1 aliphatic rings. The molecule has 1 aromatic rings. The summed E-state index contributed by atoms with van der Waals surface area (Å²) in [5.74, 6) is 0.266. The second-order valence-electron chi connectivity index (χ2n) is 5.79. The molecule has 7 heteroatoms. The Morgan fingerprint density at radius 1 is 1.48 bits per heavy atom. The van der Waals surface area contributed by atoms with E-state index >= 15 is 0 Å². The van der Waals surface area contributed by atoms with Crippen LogP contribution in [0.5, 0.6) is 0 Å². The molecule has 0 bridgehead atoms. The highest BCUT2D eigenvalue weighted by Gasteiger charge is 2.26. The molecule has 2 N–H and O–H groups in total. The van der Waals surface area contributed by atoms with Gasteiger partial charge in [0.25, 0.3) is 0 Å². The van der Waals surface area contributed by atoms with Crippen molar-refractivity contribution >= 4 is 21.4 Å².